The molecule has 0 fully saturated rings. The van der Waals surface area contributed by atoms with Gasteiger partial charge in [-0.15, -0.1) is 0 Å². The summed E-state index contributed by atoms with van der Waals surface area (Å²) in [4.78, 5) is 2.36. The van der Waals surface area contributed by atoms with E-state index in [4.69, 9.17) is 0 Å². The number of hydrogen-bond donors (Lipinski definition) is 0. The van der Waals surface area contributed by atoms with Gasteiger partial charge in [0, 0.05) is 24.0 Å². The van der Waals surface area contributed by atoms with Crippen LogP contribution in [0.25, 0.3) is 22.3 Å². The van der Waals surface area contributed by atoms with Gasteiger partial charge in [0.25, 0.3) is 0 Å². The lowest BCUT2D eigenvalue weighted by atomic mass is 9.90. The third kappa shape index (κ3) is 18.3. The van der Waals surface area contributed by atoms with Crippen molar-refractivity contribution < 1.29 is 0 Å². The SMILES string of the molecule is C=CC(=C\C(=C(/CC)N(C)c1ccc(-c2ccc(C)cc2)cc1)c1cccc(C(/C=C\CC)=C/C)c1)/C(/C=C\C(C)CCC(CC)CCCC)=C/C.CCCCC(CC)CC. The second-order valence-corrected chi connectivity index (χ2v) is 17.0. The van der Waals surface area contributed by atoms with Gasteiger partial charge in [0.2, 0.25) is 0 Å². The van der Waals surface area contributed by atoms with Crippen LogP contribution in [-0.4, -0.2) is 7.05 Å². The average Bonchev–Trinajstić information content (AvgIpc) is 3.29. The Morgan fingerprint density at radius 3 is 1.79 bits per heavy atom. The van der Waals surface area contributed by atoms with Gasteiger partial charge in [-0.2, -0.15) is 0 Å². The number of unbranched alkanes of at least 4 members (excludes halogenated alkanes) is 2. The first-order valence-corrected chi connectivity index (χ1v) is 24.3. The van der Waals surface area contributed by atoms with E-state index in [-0.39, 0.29) is 0 Å². The highest BCUT2D eigenvalue weighted by Crippen LogP contribution is 2.34. The van der Waals surface area contributed by atoms with E-state index in [0.717, 1.165) is 30.3 Å². The fourth-order valence-electron chi connectivity index (χ4n) is 8.06. The van der Waals surface area contributed by atoms with Crippen molar-refractivity contribution in [2.75, 3.05) is 11.9 Å². The molecule has 3 aromatic rings. The van der Waals surface area contributed by atoms with Gasteiger partial charge in [-0.05, 0) is 127 Å². The minimum Gasteiger partial charge on any atom is -0.348 e. The maximum atomic E-state index is 4.33. The zero-order valence-electron chi connectivity index (χ0n) is 41.1. The monoisotopic (exact) mass is 822 g/mol. The first kappa shape index (κ1) is 52.8. The smallest absolute Gasteiger partial charge is 0.0406 e. The molecule has 2 atom stereocenters. The van der Waals surface area contributed by atoms with Gasteiger partial charge in [0.1, 0.15) is 0 Å². The molecule has 2 unspecified atom stereocenters. The Bertz CT molecular complexity index is 1850. The molecule has 0 N–H and O–H groups in total. The summed E-state index contributed by atoms with van der Waals surface area (Å²) in [5.41, 5.74) is 13.4. The van der Waals surface area contributed by atoms with Crippen molar-refractivity contribution in [1.82, 2.24) is 0 Å². The lowest BCUT2D eigenvalue weighted by Crippen LogP contribution is -2.17. The maximum absolute atomic E-state index is 4.33. The van der Waals surface area contributed by atoms with Crippen LogP contribution in [0, 0.1) is 24.7 Å². The molecule has 0 amide bonds. The second-order valence-electron chi connectivity index (χ2n) is 17.0. The lowest BCUT2D eigenvalue weighted by molar-refractivity contribution is 0.391. The molecule has 0 radical (unpaired) electrons. The van der Waals surface area contributed by atoms with Crippen molar-refractivity contribution in [3.8, 4) is 11.1 Å². The predicted octanol–water partition coefficient (Wildman–Crippen LogP) is 19.1. The Balaban J connectivity index is 0.00000127. The van der Waals surface area contributed by atoms with Crippen LogP contribution < -0.4 is 4.90 Å². The highest BCUT2D eigenvalue weighted by molar-refractivity contribution is 5.84. The molecule has 332 valence electrons. The molecule has 3 aromatic carbocycles. The van der Waals surface area contributed by atoms with Crippen molar-refractivity contribution in [2.45, 2.75) is 160 Å². The van der Waals surface area contributed by atoms with Crippen molar-refractivity contribution >= 4 is 16.8 Å². The van der Waals surface area contributed by atoms with Crippen LogP contribution in [-0.2, 0) is 0 Å². The molecule has 0 saturated carbocycles. The summed E-state index contributed by atoms with van der Waals surface area (Å²) in [6.07, 6.45) is 34.7. The van der Waals surface area contributed by atoms with Crippen LogP contribution in [0.5, 0.6) is 0 Å². The Hall–Kier alpha value is -4.36. The zero-order chi connectivity index (χ0) is 45.0. The number of benzene rings is 3. The van der Waals surface area contributed by atoms with Crippen LogP contribution in [0.3, 0.4) is 0 Å². The summed E-state index contributed by atoms with van der Waals surface area (Å²) < 4.78 is 0. The summed E-state index contributed by atoms with van der Waals surface area (Å²) in [5.74, 6) is 2.37. The third-order valence-electron chi connectivity index (χ3n) is 12.5. The molecule has 1 nitrogen and oxygen atoms in total. The van der Waals surface area contributed by atoms with Crippen LogP contribution >= 0.6 is 0 Å². The van der Waals surface area contributed by atoms with E-state index in [1.165, 1.54) is 127 Å². The molecule has 0 spiro atoms. The van der Waals surface area contributed by atoms with Crippen LogP contribution in [0.1, 0.15) is 169 Å². The van der Waals surface area contributed by atoms with Gasteiger partial charge in [-0.3, -0.25) is 0 Å². The molecular formula is C60H87N. The van der Waals surface area contributed by atoms with Crippen molar-refractivity contribution in [1.29, 1.82) is 0 Å². The first-order valence-electron chi connectivity index (χ1n) is 24.3. The first-order chi connectivity index (χ1) is 29.6. The normalized spacial score (nSPS) is 14.0. The number of allylic oxidation sites excluding steroid dienone is 13. The molecule has 0 aliphatic carbocycles. The molecule has 0 bridgehead atoms. The van der Waals surface area contributed by atoms with Gasteiger partial charge in [-0.25, -0.2) is 0 Å². The van der Waals surface area contributed by atoms with Crippen LogP contribution in [0.4, 0.5) is 5.69 Å². The van der Waals surface area contributed by atoms with Crippen LogP contribution in [0.2, 0.25) is 0 Å². The molecule has 3 rings (SSSR count). The Kier molecular flexibility index (Phi) is 26.5. The predicted molar refractivity (Wildman–Crippen MR) is 278 cm³/mol. The molecule has 0 aliphatic rings. The number of hydrogen-bond acceptors (Lipinski definition) is 1. The lowest BCUT2D eigenvalue weighted by Gasteiger charge is -2.26. The number of aryl methyl sites for hydroxylation is 1. The number of anilines is 1. The molecule has 0 aliphatic heterocycles. The number of rotatable bonds is 25. The van der Waals surface area contributed by atoms with Gasteiger partial charge >= 0.3 is 0 Å². The average molecular weight is 822 g/mol. The highest BCUT2D eigenvalue weighted by Gasteiger charge is 2.16. The fraction of sp³-hybridized carbons (Fsp3) is 0.467. The summed E-state index contributed by atoms with van der Waals surface area (Å²) >= 11 is 0. The van der Waals surface area contributed by atoms with E-state index < -0.39 is 0 Å². The van der Waals surface area contributed by atoms with Gasteiger partial charge in [-0.1, -0.05) is 222 Å². The zero-order valence-corrected chi connectivity index (χ0v) is 41.1. The minimum atomic E-state index is 0.527. The third-order valence-corrected chi connectivity index (χ3v) is 12.5. The van der Waals surface area contributed by atoms with E-state index >= 15 is 0 Å². The quantitative estimate of drug-likeness (QED) is 0.0770. The Morgan fingerprint density at radius 1 is 0.672 bits per heavy atom. The Labute approximate surface area is 377 Å². The minimum absolute atomic E-state index is 0.527. The van der Waals surface area contributed by atoms with Gasteiger partial charge < -0.3 is 4.90 Å². The van der Waals surface area contributed by atoms with E-state index in [9.17, 15) is 0 Å². The van der Waals surface area contributed by atoms with Crippen molar-refractivity contribution in [3.05, 3.63) is 162 Å². The van der Waals surface area contributed by atoms with Crippen molar-refractivity contribution in [2.24, 2.45) is 17.8 Å². The largest absolute Gasteiger partial charge is 0.348 e. The standard InChI is InChI=1S/C51H67N.C9H20/c1-11-18-21-41(13-3)29-25-39(8)26-30-43(15-5)44(16-6)38-50(48-24-20-23-47(37-48)42(14-4)22-19-12-2)51(17-7)52(10)49-35-33-46(34-36-49)45-31-27-40(9)28-32-45;1-4-7-8-9(5-2)6-3/h14-16,19-20,22-24,26-28,30-39,41H,6,11-13,17-18,21,25,29H2,1-5,7-10H3;9H,4-8H2,1-3H3/b22-19-,30-26-,42-14+,43-15+,44-38+,51-50-;. The molecule has 0 aromatic heterocycles. The van der Waals surface area contributed by atoms with Gasteiger partial charge in [0.15, 0.2) is 0 Å². The highest BCUT2D eigenvalue weighted by atomic mass is 15.1. The molecular weight excluding hydrogens is 735 g/mol. The van der Waals surface area contributed by atoms with E-state index in [1.807, 2.05) is 6.08 Å². The maximum Gasteiger partial charge on any atom is 0.0406 e. The summed E-state index contributed by atoms with van der Waals surface area (Å²) in [7, 11) is 2.20. The molecule has 1 heteroatoms. The van der Waals surface area contributed by atoms with Crippen molar-refractivity contribution in [3.63, 3.8) is 0 Å². The van der Waals surface area contributed by atoms with E-state index in [1.54, 1.807) is 0 Å². The molecule has 0 heterocycles. The molecule has 0 saturated heterocycles. The topological polar surface area (TPSA) is 3.24 Å². The number of nitrogens with zero attached hydrogens (tertiary/aromatic N) is 1. The molecule has 61 heavy (non-hydrogen) atoms. The Morgan fingerprint density at radius 2 is 1.26 bits per heavy atom. The van der Waals surface area contributed by atoms with Gasteiger partial charge in [0.05, 0.1) is 0 Å². The second kappa shape index (κ2) is 30.6. The summed E-state index contributed by atoms with van der Waals surface area (Å²) in [6.45, 7) is 29.1. The van der Waals surface area contributed by atoms with Crippen LogP contribution in [0.15, 0.2) is 145 Å². The summed E-state index contributed by atoms with van der Waals surface area (Å²) in [6, 6.07) is 26.8. The van der Waals surface area contributed by atoms with E-state index in [2.05, 4.69) is 210 Å². The fourth-order valence-corrected chi connectivity index (χ4v) is 8.06. The summed E-state index contributed by atoms with van der Waals surface area (Å²) in [5, 5.41) is 0. The van der Waals surface area contributed by atoms with E-state index in [0.29, 0.717) is 5.92 Å².